The third-order valence-corrected chi connectivity index (χ3v) is 1.33. The summed E-state index contributed by atoms with van der Waals surface area (Å²) < 4.78 is 4.43. The lowest BCUT2D eigenvalue weighted by atomic mass is 10.3. The summed E-state index contributed by atoms with van der Waals surface area (Å²) >= 11 is 0. The van der Waals surface area contributed by atoms with Crippen LogP contribution in [0.3, 0.4) is 0 Å². The number of esters is 1. The zero-order valence-corrected chi connectivity index (χ0v) is 6.85. The van der Waals surface area contributed by atoms with Gasteiger partial charge in [0.15, 0.2) is 5.69 Å². The van der Waals surface area contributed by atoms with Crippen LogP contribution in [0.15, 0.2) is 23.3 Å². The van der Waals surface area contributed by atoms with E-state index < -0.39 is 5.97 Å². The molecule has 0 atom stereocenters. The van der Waals surface area contributed by atoms with Crippen LogP contribution in [0, 0.1) is 0 Å². The number of aromatic nitrogens is 1. The molecule has 0 saturated carbocycles. The summed E-state index contributed by atoms with van der Waals surface area (Å²) in [5.74, 6) is -0.630. The van der Waals surface area contributed by atoms with Gasteiger partial charge in [-0.3, -0.25) is 0 Å². The van der Waals surface area contributed by atoms with Crippen LogP contribution in [0.2, 0.25) is 0 Å². The second kappa shape index (κ2) is 4.13. The van der Waals surface area contributed by atoms with E-state index in [4.69, 9.17) is 0 Å². The fraction of sp³-hybridized carbons (Fsp3) is 0.125. The van der Waals surface area contributed by atoms with Gasteiger partial charge in [0, 0.05) is 6.20 Å². The molecule has 0 radical (unpaired) electrons. The molecule has 1 rings (SSSR count). The van der Waals surface area contributed by atoms with Crippen molar-refractivity contribution in [2.24, 2.45) is 4.99 Å². The molecule has 5 heteroatoms. The molecule has 5 nitrogen and oxygen atoms in total. The highest BCUT2D eigenvalue weighted by Crippen LogP contribution is 2.15. The summed E-state index contributed by atoms with van der Waals surface area (Å²) in [5, 5.41) is 0. The monoisotopic (exact) mass is 178 g/mol. The third-order valence-electron chi connectivity index (χ3n) is 1.33. The maximum absolute atomic E-state index is 11.0. The van der Waals surface area contributed by atoms with E-state index in [-0.39, 0.29) is 11.4 Å². The molecular formula is C8H6N2O3. The van der Waals surface area contributed by atoms with Gasteiger partial charge in [-0.2, -0.15) is 4.99 Å². The highest BCUT2D eigenvalue weighted by Gasteiger charge is 2.11. The molecule has 0 bridgehead atoms. The molecular weight excluding hydrogens is 172 g/mol. The van der Waals surface area contributed by atoms with Crippen molar-refractivity contribution in [1.29, 1.82) is 0 Å². The van der Waals surface area contributed by atoms with Gasteiger partial charge in [-0.15, -0.1) is 0 Å². The van der Waals surface area contributed by atoms with Crippen molar-refractivity contribution in [3.8, 4) is 0 Å². The summed E-state index contributed by atoms with van der Waals surface area (Å²) in [6.07, 6.45) is 2.74. The zero-order valence-electron chi connectivity index (χ0n) is 6.85. The van der Waals surface area contributed by atoms with Gasteiger partial charge in [-0.1, -0.05) is 0 Å². The fourth-order valence-electron chi connectivity index (χ4n) is 0.790. The minimum atomic E-state index is -0.630. The highest BCUT2D eigenvalue weighted by atomic mass is 16.5. The molecule has 0 spiro atoms. The molecule has 0 amide bonds. The summed E-state index contributed by atoms with van der Waals surface area (Å²) in [6, 6.07) is 3.03. The summed E-state index contributed by atoms with van der Waals surface area (Å²) in [5.41, 5.74) is 0.165. The lowest BCUT2D eigenvalue weighted by molar-refractivity contribution is 0.0595. The van der Waals surface area contributed by atoms with Gasteiger partial charge in [-0.05, 0) is 12.1 Å². The number of rotatable bonds is 2. The second-order valence-corrected chi connectivity index (χ2v) is 2.07. The predicted octanol–water partition coefficient (Wildman–Crippen LogP) is 0.836. The number of ether oxygens (including phenoxy) is 1. The minimum absolute atomic E-state index is 0.00773. The van der Waals surface area contributed by atoms with E-state index in [1.165, 1.54) is 25.5 Å². The Kier molecular flexibility index (Phi) is 2.89. The number of hydrogen-bond donors (Lipinski definition) is 0. The van der Waals surface area contributed by atoms with E-state index >= 15 is 0 Å². The van der Waals surface area contributed by atoms with E-state index in [0.717, 1.165) is 0 Å². The maximum atomic E-state index is 11.0. The SMILES string of the molecule is COC(=O)c1ncccc1N=C=O. The number of isocyanates is 1. The number of methoxy groups -OCH3 is 1. The third kappa shape index (κ3) is 1.98. The first kappa shape index (κ1) is 9.09. The Morgan fingerprint density at radius 3 is 3.08 bits per heavy atom. The summed E-state index contributed by atoms with van der Waals surface area (Å²) in [4.78, 5) is 28.0. The predicted molar refractivity (Wildman–Crippen MR) is 43.4 cm³/mol. The summed E-state index contributed by atoms with van der Waals surface area (Å²) in [7, 11) is 1.23. The van der Waals surface area contributed by atoms with Gasteiger partial charge in [0.2, 0.25) is 6.08 Å². The Morgan fingerprint density at radius 1 is 1.69 bits per heavy atom. The molecule has 1 aromatic heterocycles. The maximum Gasteiger partial charge on any atom is 0.358 e. The van der Waals surface area contributed by atoms with Crippen LogP contribution < -0.4 is 0 Å². The number of nitrogens with zero attached hydrogens (tertiary/aromatic N) is 2. The van der Waals surface area contributed by atoms with E-state index in [9.17, 15) is 9.59 Å². The van der Waals surface area contributed by atoms with Crippen LogP contribution in [0.25, 0.3) is 0 Å². The largest absolute Gasteiger partial charge is 0.464 e. The standard InChI is InChI=1S/C8H6N2O3/c1-13-8(12)7-6(10-5-11)3-2-4-9-7/h2-4H,1H3. The lowest BCUT2D eigenvalue weighted by Gasteiger charge is -1.99. The molecule has 0 unspecified atom stereocenters. The smallest absolute Gasteiger partial charge is 0.358 e. The Morgan fingerprint density at radius 2 is 2.46 bits per heavy atom. The number of aliphatic imine (C=N–C) groups is 1. The Balaban J connectivity index is 3.18. The Labute approximate surface area is 74.1 Å². The van der Waals surface area contributed by atoms with Gasteiger partial charge >= 0.3 is 5.97 Å². The van der Waals surface area contributed by atoms with Gasteiger partial charge < -0.3 is 4.74 Å². The number of carbonyl (C=O) groups excluding carboxylic acids is 2. The topological polar surface area (TPSA) is 68.6 Å². The van der Waals surface area contributed by atoms with Crippen molar-refractivity contribution in [3.05, 3.63) is 24.0 Å². The van der Waals surface area contributed by atoms with E-state index in [1.807, 2.05) is 0 Å². The fourth-order valence-corrected chi connectivity index (χ4v) is 0.790. The van der Waals surface area contributed by atoms with Crippen molar-refractivity contribution in [1.82, 2.24) is 4.98 Å². The normalized spacial score (nSPS) is 8.69. The van der Waals surface area contributed by atoms with Crippen LogP contribution in [0.4, 0.5) is 5.69 Å². The van der Waals surface area contributed by atoms with Crippen LogP contribution in [0.5, 0.6) is 0 Å². The van der Waals surface area contributed by atoms with Crippen molar-refractivity contribution in [2.45, 2.75) is 0 Å². The number of carbonyl (C=O) groups is 1. The second-order valence-electron chi connectivity index (χ2n) is 2.07. The van der Waals surface area contributed by atoms with Crippen LogP contribution >= 0.6 is 0 Å². The molecule has 0 aliphatic carbocycles. The first-order chi connectivity index (χ1) is 6.29. The molecule has 13 heavy (non-hydrogen) atoms. The number of pyridine rings is 1. The highest BCUT2D eigenvalue weighted by molar-refractivity contribution is 5.92. The van der Waals surface area contributed by atoms with Gasteiger partial charge in [0.05, 0.1) is 7.11 Å². The molecule has 0 aliphatic heterocycles. The Hall–Kier alpha value is -2.00. The summed E-state index contributed by atoms with van der Waals surface area (Å²) in [6.45, 7) is 0. The lowest BCUT2D eigenvalue weighted by Crippen LogP contribution is -2.03. The van der Waals surface area contributed by atoms with Gasteiger partial charge in [0.25, 0.3) is 0 Å². The first-order valence-electron chi connectivity index (χ1n) is 3.40. The quantitative estimate of drug-likeness (QED) is 0.382. The van der Waals surface area contributed by atoms with E-state index in [1.54, 1.807) is 6.07 Å². The van der Waals surface area contributed by atoms with Crippen LogP contribution in [-0.2, 0) is 9.53 Å². The van der Waals surface area contributed by atoms with Crippen LogP contribution in [-0.4, -0.2) is 24.1 Å². The molecule has 0 aromatic carbocycles. The molecule has 0 N–H and O–H groups in total. The van der Waals surface area contributed by atoms with Crippen molar-refractivity contribution in [2.75, 3.05) is 7.11 Å². The van der Waals surface area contributed by atoms with Crippen molar-refractivity contribution >= 4 is 17.7 Å². The molecule has 0 fully saturated rings. The zero-order chi connectivity index (χ0) is 9.68. The molecule has 66 valence electrons. The van der Waals surface area contributed by atoms with Crippen molar-refractivity contribution in [3.63, 3.8) is 0 Å². The van der Waals surface area contributed by atoms with Gasteiger partial charge in [-0.25, -0.2) is 14.6 Å². The Bertz CT molecular complexity index is 369. The van der Waals surface area contributed by atoms with E-state index in [2.05, 4.69) is 14.7 Å². The molecule has 0 aliphatic rings. The molecule has 1 aromatic rings. The average molecular weight is 178 g/mol. The number of hydrogen-bond acceptors (Lipinski definition) is 5. The van der Waals surface area contributed by atoms with Gasteiger partial charge in [0.1, 0.15) is 5.69 Å². The minimum Gasteiger partial charge on any atom is -0.464 e. The molecule has 0 saturated heterocycles. The average Bonchev–Trinajstić information content (AvgIpc) is 2.18. The molecule has 1 heterocycles. The van der Waals surface area contributed by atoms with E-state index in [0.29, 0.717) is 0 Å². The first-order valence-corrected chi connectivity index (χ1v) is 3.40. The van der Waals surface area contributed by atoms with Crippen molar-refractivity contribution < 1.29 is 14.3 Å². The van der Waals surface area contributed by atoms with Crippen LogP contribution in [0.1, 0.15) is 10.5 Å².